The van der Waals surface area contributed by atoms with E-state index in [1.54, 1.807) is 0 Å². The number of aliphatic hydroxyl groups excluding tert-OH is 1. The quantitative estimate of drug-likeness (QED) is 0.386. The average molecular weight is 553 g/mol. The van der Waals surface area contributed by atoms with Gasteiger partial charge in [0.15, 0.2) is 5.79 Å². The van der Waals surface area contributed by atoms with Gasteiger partial charge in [-0.3, -0.25) is 0 Å². The Morgan fingerprint density at radius 1 is 1.20 bits per heavy atom. The minimum atomic E-state index is -1.22. The van der Waals surface area contributed by atoms with E-state index in [2.05, 4.69) is 36.0 Å². The molecule has 8 nitrogen and oxygen atoms in total. The van der Waals surface area contributed by atoms with Gasteiger partial charge in [-0.05, 0) is 83.1 Å². The van der Waals surface area contributed by atoms with Crippen LogP contribution >= 0.6 is 0 Å². The molecule has 4 heterocycles. The number of carbonyl (C=O) groups excluding carboxylic acids is 1. The van der Waals surface area contributed by atoms with E-state index < -0.39 is 34.6 Å². The fraction of sp³-hybridized carbons (Fsp3) is 0.719. The molecule has 4 bridgehead atoms. The molecule has 0 aromatic carbocycles. The summed E-state index contributed by atoms with van der Waals surface area (Å²) in [7, 11) is 2.10. The Balaban J connectivity index is 1.32. The van der Waals surface area contributed by atoms with Crippen LogP contribution < -0.4 is 0 Å². The van der Waals surface area contributed by atoms with Crippen LogP contribution in [0.5, 0.6) is 0 Å². The number of aliphatic hydroxyl groups is 2. The van der Waals surface area contributed by atoms with Crippen molar-refractivity contribution in [1.82, 2.24) is 9.88 Å². The number of rotatable bonds is 3. The lowest BCUT2D eigenvalue weighted by atomic mass is 9.41. The van der Waals surface area contributed by atoms with Crippen LogP contribution in [0.2, 0.25) is 0 Å². The molecule has 8 heteroatoms. The van der Waals surface area contributed by atoms with E-state index in [-0.39, 0.29) is 17.3 Å². The monoisotopic (exact) mass is 552 g/mol. The molecule has 40 heavy (non-hydrogen) atoms. The lowest BCUT2D eigenvalue weighted by molar-refractivity contribution is -0.401. The SMILES string of the molecule is Cc1[nH]c(C)c(C(=O)OC(C)C2=CC[C@@]34OCCN(C)C[C@@]23C[C@@H](O)[C@]23OC5(O)CC[C@@]2(C)[C@H](CC=C43)C5)c1C. The molecular formula is C32H44N2O6. The average Bonchev–Trinajstić information content (AvgIpc) is 3.26. The first-order chi connectivity index (χ1) is 18.8. The van der Waals surface area contributed by atoms with Crippen LogP contribution in [0.15, 0.2) is 23.3 Å². The fourth-order valence-electron chi connectivity index (χ4n) is 10.1. The van der Waals surface area contributed by atoms with Crippen molar-refractivity contribution in [3.05, 3.63) is 45.8 Å². The first-order valence-electron chi connectivity index (χ1n) is 15.0. The van der Waals surface area contributed by atoms with Crippen molar-refractivity contribution in [2.24, 2.45) is 16.7 Å². The zero-order valence-corrected chi connectivity index (χ0v) is 24.7. The van der Waals surface area contributed by atoms with E-state index in [9.17, 15) is 15.0 Å². The number of hydrogen-bond acceptors (Lipinski definition) is 7. The van der Waals surface area contributed by atoms with Crippen molar-refractivity contribution >= 4 is 5.97 Å². The summed E-state index contributed by atoms with van der Waals surface area (Å²) in [6.07, 6.45) is 7.06. The van der Waals surface area contributed by atoms with E-state index in [0.29, 0.717) is 44.4 Å². The second kappa shape index (κ2) is 8.32. The predicted molar refractivity (Wildman–Crippen MR) is 149 cm³/mol. The third-order valence-corrected chi connectivity index (χ3v) is 12.1. The maximum absolute atomic E-state index is 13.5. The van der Waals surface area contributed by atoms with E-state index in [1.807, 2.05) is 27.7 Å². The summed E-state index contributed by atoms with van der Waals surface area (Å²) in [6.45, 7) is 12.0. The second-order valence-corrected chi connectivity index (χ2v) is 14.0. The molecule has 218 valence electrons. The molecule has 4 aliphatic carbocycles. The van der Waals surface area contributed by atoms with Gasteiger partial charge in [-0.25, -0.2) is 4.79 Å². The van der Waals surface area contributed by atoms with Gasteiger partial charge in [0.25, 0.3) is 0 Å². The van der Waals surface area contributed by atoms with E-state index in [1.165, 1.54) is 0 Å². The zero-order valence-electron chi connectivity index (χ0n) is 24.7. The zero-order chi connectivity index (χ0) is 28.5. The molecule has 0 radical (unpaired) electrons. The number of likely N-dealkylation sites (N-methyl/N-ethyl adjacent to an activating group) is 1. The first-order valence-corrected chi connectivity index (χ1v) is 15.0. The summed E-state index contributed by atoms with van der Waals surface area (Å²) in [4.78, 5) is 19.0. The number of hydrogen-bond donors (Lipinski definition) is 3. The van der Waals surface area contributed by atoms with E-state index in [0.717, 1.165) is 47.5 Å². The number of nitrogens with zero attached hydrogens (tertiary/aromatic N) is 1. The first kappa shape index (κ1) is 26.9. The Hall–Kier alpha value is -1.97. The van der Waals surface area contributed by atoms with Gasteiger partial charge in [0.05, 0.1) is 18.3 Å². The highest BCUT2D eigenvalue weighted by Crippen LogP contribution is 2.74. The lowest BCUT2D eigenvalue weighted by Crippen LogP contribution is -2.79. The van der Waals surface area contributed by atoms with Gasteiger partial charge in [-0.2, -0.15) is 0 Å². The smallest absolute Gasteiger partial charge is 0.340 e. The van der Waals surface area contributed by atoms with Crippen LogP contribution in [-0.4, -0.2) is 82.0 Å². The molecule has 2 unspecified atom stereocenters. The van der Waals surface area contributed by atoms with Crippen molar-refractivity contribution in [3.8, 4) is 0 Å². The van der Waals surface area contributed by atoms with Crippen LogP contribution in [0.3, 0.4) is 0 Å². The molecular weight excluding hydrogens is 508 g/mol. The van der Waals surface area contributed by atoms with Crippen LogP contribution in [0.4, 0.5) is 0 Å². The van der Waals surface area contributed by atoms with Crippen molar-refractivity contribution in [2.75, 3.05) is 26.7 Å². The number of H-pyrrole nitrogens is 1. The molecule has 7 aliphatic rings. The highest BCUT2D eigenvalue weighted by Gasteiger charge is 2.79. The van der Waals surface area contributed by atoms with Crippen LogP contribution in [0.25, 0.3) is 0 Å². The van der Waals surface area contributed by atoms with Gasteiger partial charge >= 0.3 is 5.97 Å². The Kier molecular flexibility index (Phi) is 5.59. The number of esters is 1. The molecule has 5 fully saturated rings. The standard InChI is InChI=1S/C32H44N2O6/c1-18-19(2)33-20(3)26(18)27(36)39-21(4)23-9-10-31-24-8-7-22-15-30(37)12-11-28(22,5)32(24,40-30)25(35)16-29(23,31)17-34(6)13-14-38-31/h8-9,21-22,25,33,35,37H,7,10-17H2,1-6H3/t21?,22-,25-,28+,29+,30?,31+,32+/m1/s1. The Morgan fingerprint density at radius 2 is 1.98 bits per heavy atom. The topological polar surface area (TPSA) is 104 Å². The van der Waals surface area contributed by atoms with Gasteiger partial charge in [0.2, 0.25) is 0 Å². The van der Waals surface area contributed by atoms with Crippen LogP contribution in [0, 0.1) is 37.5 Å². The molecule has 8 rings (SSSR count). The molecule has 8 atom stereocenters. The second-order valence-electron chi connectivity index (χ2n) is 14.0. The number of aryl methyl sites for hydroxylation is 2. The van der Waals surface area contributed by atoms with Crippen molar-refractivity contribution in [2.45, 2.75) is 102 Å². The third kappa shape index (κ3) is 3.07. The van der Waals surface area contributed by atoms with Gasteiger partial charge < -0.3 is 34.3 Å². The molecule has 1 spiro atoms. The Morgan fingerprint density at radius 3 is 2.70 bits per heavy atom. The molecule has 3 N–H and O–H groups in total. The number of ether oxygens (including phenoxy) is 3. The summed E-state index contributed by atoms with van der Waals surface area (Å²) < 4.78 is 20.0. The van der Waals surface area contributed by atoms with Crippen molar-refractivity contribution in [1.29, 1.82) is 0 Å². The number of aromatic nitrogens is 1. The van der Waals surface area contributed by atoms with Gasteiger partial charge in [-0.15, -0.1) is 0 Å². The summed E-state index contributed by atoms with van der Waals surface area (Å²) >= 11 is 0. The molecule has 0 amide bonds. The van der Waals surface area contributed by atoms with E-state index in [4.69, 9.17) is 14.2 Å². The molecule has 2 saturated carbocycles. The predicted octanol–water partition coefficient (Wildman–Crippen LogP) is 3.86. The summed E-state index contributed by atoms with van der Waals surface area (Å²) in [6, 6.07) is 0. The lowest BCUT2D eigenvalue weighted by Gasteiger charge is -2.73. The maximum atomic E-state index is 13.5. The number of nitrogens with one attached hydrogen (secondary N) is 1. The van der Waals surface area contributed by atoms with Gasteiger partial charge in [0, 0.05) is 48.1 Å². The Bertz CT molecular complexity index is 1350. The van der Waals surface area contributed by atoms with Crippen molar-refractivity contribution < 1.29 is 29.2 Å². The van der Waals surface area contributed by atoms with Crippen molar-refractivity contribution in [3.63, 3.8) is 0 Å². The third-order valence-electron chi connectivity index (χ3n) is 12.1. The minimum Gasteiger partial charge on any atom is -0.454 e. The van der Waals surface area contributed by atoms with Gasteiger partial charge in [-0.1, -0.05) is 19.1 Å². The molecule has 3 aliphatic heterocycles. The Labute approximate surface area is 236 Å². The molecule has 1 aromatic rings. The number of carbonyl (C=O) groups is 1. The normalized spacial score (nSPS) is 44.6. The highest BCUT2D eigenvalue weighted by atomic mass is 16.7. The molecule has 1 aromatic heterocycles. The minimum absolute atomic E-state index is 0.251. The van der Waals surface area contributed by atoms with Gasteiger partial charge in [0.1, 0.15) is 17.3 Å². The van der Waals surface area contributed by atoms with Crippen LogP contribution in [0.1, 0.15) is 79.7 Å². The van der Waals surface area contributed by atoms with Crippen LogP contribution in [-0.2, 0) is 14.2 Å². The summed E-state index contributed by atoms with van der Waals surface area (Å²) in [5, 5.41) is 23.8. The molecule has 3 saturated heterocycles. The summed E-state index contributed by atoms with van der Waals surface area (Å²) in [5.41, 5.74) is 2.69. The fourth-order valence-corrected chi connectivity index (χ4v) is 10.1. The summed E-state index contributed by atoms with van der Waals surface area (Å²) in [5.74, 6) is -1.30. The largest absolute Gasteiger partial charge is 0.454 e. The number of aromatic amines is 1. The number of allylic oxidation sites excluding steroid dienone is 1. The van der Waals surface area contributed by atoms with E-state index >= 15 is 0 Å². The highest BCUT2D eigenvalue weighted by molar-refractivity contribution is 5.93. The maximum Gasteiger partial charge on any atom is 0.340 e. The number of fused-ring (bicyclic) bond motifs is 1.